The predicted molar refractivity (Wildman–Crippen MR) is 94.1 cm³/mol. The standard InChI is InChI=1S/C19H26N4O/c1-2-4-16(5-3-1)19-14-18(24-21-19)15-22-10-12-23(13-11-22)17-6-8-20-9-7-17/h6-9,14,16H,1-5,10-13,15H2. The van der Waals surface area contributed by atoms with Gasteiger partial charge in [0.05, 0.1) is 12.2 Å². The topological polar surface area (TPSA) is 45.4 Å². The SMILES string of the molecule is c1cc(N2CCN(Cc3cc(C4CCCCC4)no3)CC2)ccn1. The zero-order valence-corrected chi connectivity index (χ0v) is 14.2. The van der Waals surface area contributed by atoms with E-state index in [0.717, 1.165) is 38.5 Å². The van der Waals surface area contributed by atoms with E-state index in [1.54, 1.807) is 0 Å². The molecule has 2 aromatic rings. The lowest BCUT2D eigenvalue weighted by molar-refractivity contribution is 0.219. The molecule has 0 N–H and O–H groups in total. The van der Waals surface area contributed by atoms with Crippen LogP contribution >= 0.6 is 0 Å². The Bertz CT molecular complexity index is 628. The van der Waals surface area contributed by atoms with Gasteiger partial charge < -0.3 is 9.42 Å². The van der Waals surface area contributed by atoms with Gasteiger partial charge in [0.2, 0.25) is 0 Å². The van der Waals surface area contributed by atoms with E-state index in [2.05, 4.69) is 38.1 Å². The highest BCUT2D eigenvalue weighted by atomic mass is 16.5. The first-order valence-electron chi connectivity index (χ1n) is 9.21. The first-order chi connectivity index (χ1) is 11.9. The summed E-state index contributed by atoms with van der Waals surface area (Å²) in [5.74, 6) is 1.65. The maximum atomic E-state index is 5.62. The third-order valence-corrected chi connectivity index (χ3v) is 5.38. The molecule has 0 bridgehead atoms. The van der Waals surface area contributed by atoms with Gasteiger partial charge in [-0.05, 0) is 25.0 Å². The van der Waals surface area contributed by atoms with Crippen LogP contribution in [0.15, 0.2) is 35.1 Å². The molecular formula is C19H26N4O. The van der Waals surface area contributed by atoms with Crippen LogP contribution in [0, 0.1) is 0 Å². The summed E-state index contributed by atoms with van der Waals surface area (Å²) in [5.41, 5.74) is 2.45. The highest BCUT2D eigenvalue weighted by molar-refractivity contribution is 5.44. The molecule has 5 nitrogen and oxygen atoms in total. The van der Waals surface area contributed by atoms with Gasteiger partial charge in [-0.25, -0.2) is 0 Å². The lowest BCUT2D eigenvalue weighted by Crippen LogP contribution is -2.45. The van der Waals surface area contributed by atoms with Crippen molar-refractivity contribution in [1.82, 2.24) is 15.0 Å². The maximum absolute atomic E-state index is 5.62. The molecule has 2 aromatic heterocycles. The van der Waals surface area contributed by atoms with Crippen molar-refractivity contribution in [3.8, 4) is 0 Å². The molecule has 5 heteroatoms. The second-order valence-electron chi connectivity index (χ2n) is 7.02. The highest BCUT2D eigenvalue weighted by Gasteiger charge is 2.22. The molecule has 1 aliphatic heterocycles. The quantitative estimate of drug-likeness (QED) is 0.861. The first kappa shape index (κ1) is 15.6. The monoisotopic (exact) mass is 326 g/mol. The Hall–Kier alpha value is -1.88. The van der Waals surface area contributed by atoms with Crippen molar-refractivity contribution in [2.75, 3.05) is 31.1 Å². The van der Waals surface area contributed by atoms with Gasteiger partial charge in [0.1, 0.15) is 0 Å². The van der Waals surface area contributed by atoms with Crippen LogP contribution in [0.25, 0.3) is 0 Å². The van der Waals surface area contributed by atoms with Gasteiger partial charge in [-0.3, -0.25) is 9.88 Å². The summed E-state index contributed by atoms with van der Waals surface area (Å²) in [6.45, 7) is 5.09. The van der Waals surface area contributed by atoms with E-state index in [1.807, 2.05) is 12.4 Å². The molecule has 1 aliphatic carbocycles. The van der Waals surface area contributed by atoms with Gasteiger partial charge in [-0.15, -0.1) is 0 Å². The fourth-order valence-corrected chi connectivity index (χ4v) is 3.93. The van der Waals surface area contributed by atoms with E-state index in [4.69, 9.17) is 4.52 Å². The molecule has 0 unspecified atom stereocenters. The Labute approximate surface area is 143 Å². The lowest BCUT2D eigenvalue weighted by Gasteiger charge is -2.35. The molecule has 2 aliphatic rings. The molecule has 0 amide bonds. The van der Waals surface area contributed by atoms with E-state index < -0.39 is 0 Å². The lowest BCUT2D eigenvalue weighted by atomic mass is 9.87. The molecule has 3 heterocycles. The summed E-state index contributed by atoms with van der Waals surface area (Å²) < 4.78 is 5.62. The van der Waals surface area contributed by atoms with Crippen LogP contribution in [-0.2, 0) is 6.54 Å². The maximum Gasteiger partial charge on any atom is 0.150 e. The van der Waals surface area contributed by atoms with Crippen molar-refractivity contribution in [2.24, 2.45) is 0 Å². The van der Waals surface area contributed by atoms with E-state index in [-0.39, 0.29) is 0 Å². The smallest absolute Gasteiger partial charge is 0.150 e. The largest absolute Gasteiger partial charge is 0.369 e. The average molecular weight is 326 g/mol. The molecule has 1 saturated carbocycles. The number of aromatic nitrogens is 2. The Morgan fingerprint density at radius 3 is 2.50 bits per heavy atom. The number of hydrogen-bond acceptors (Lipinski definition) is 5. The minimum absolute atomic E-state index is 0.625. The number of pyridine rings is 1. The first-order valence-corrected chi connectivity index (χ1v) is 9.21. The Morgan fingerprint density at radius 2 is 1.75 bits per heavy atom. The molecule has 0 atom stereocenters. The minimum Gasteiger partial charge on any atom is -0.369 e. The van der Waals surface area contributed by atoms with Gasteiger partial charge in [-0.1, -0.05) is 24.4 Å². The highest BCUT2D eigenvalue weighted by Crippen LogP contribution is 2.32. The van der Waals surface area contributed by atoms with Crippen molar-refractivity contribution in [1.29, 1.82) is 0 Å². The number of anilines is 1. The van der Waals surface area contributed by atoms with Crippen LogP contribution in [0.1, 0.15) is 49.5 Å². The zero-order chi connectivity index (χ0) is 16.2. The fourth-order valence-electron chi connectivity index (χ4n) is 3.93. The van der Waals surface area contributed by atoms with Gasteiger partial charge in [0, 0.05) is 56.2 Å². The number of hydrogen-bond donors (Lipinski definition) is 0. The molecular weight excluding hydrogens is 300 g/mol. The fraction of sp³-hybridized carbons (Fsp3) is 0.579. The number of rotatable bonds is 4. The Morgan fingerprint density at radius 1 is 1.00 bits per heavy atom. The number of nitrogens with zero attached hydrogens (tertiary/aromatic N) is 4. The van der Waals surface area contributed by atoms with Crippen molar-refractivity contribution in [3.63, 3.8) is 0 Å². The minimum atomic E-state index is 0.625. The molecule has 1 saturated heterocycles. The van der Waals surface area contributed by atoms with Crippen molar-refractivity contribution in [2.45, 2.75) is 44.6 Å². The average Bonchev–Trinajstić information content (AvgIpc) is 3.12. The van der Waals surface area contributed by atoms with E-state index >= 15 is 0 Å². The van der Waals surface area contributed by atoms with Crippen LogP contribution in [0.2, 0.25) is 0 Å². The summed E-state index contributed by atoms with van der Waals surface area (Å²) in [4.78, 5) is 8.98. The van der Waals surface area contributed by atoms with Crippen molar-refractivity contribution >= 4 is 5.69 Å². The van der Waals surface area contributed by atoms with Gasteiger partial charge in [-0.2, -0.15) is 0 Å². The molecule has 128 valence electrons. The summed E-state index contributed by atoms with van der Waals surface area (Å²) in [7, 11) is 0. The Balaban J connectivity index is 1.30. The molecule has 0 radical (unpaired) electrons. The summed E-state index contributed by atoms with van der Waals surface area (Å²) in [5, 5.41) is 4.35. The summed E-state index contributed by atoms with van der Waals surface area (Å²) in [6.07, 6.45) is 10.3. The van der Waals surface area contributed by atoms with Crippen LogP contribution < -0.4 is 4.90 Å². The van der Waals surface area contributed by atoms with Crippen LogP contribution in [0.4, 0.5) is 5.69 Å². The van der Waals surface area contributed by atoms with E-state index in [0.29, 0.717) is 5.92 Å². The third kappa shape index (κ3) is 3.61. The van der Waals surface area contributed by atoms with Crippen LogP contribution in [0.5, 0.6) is 0 Å². The number of piperazine rings is 1. The van der Waals surface area contributed by atoms with E-state index in [9.17, 15) is 0 Å². The third-order valence-electron chi connectivity index (χ3n) is 5.38. The normalized spacial score (nSPS) is 20.4. The second-order valence-corrected chi connectivity index (χ2v) is 7.02. The van der Waals surface area contributed by atoms with Crippen molar-refractivity contribution in [3.05, 3.63) is 42.0 Å². The van der Waals surface area contributed by atoms with Crippen LogP contribution in [-0.4, -0.2) is 41.2 Å². The van der Waals surface area contributed by atoms with Gasteiger partial charge >= 0.3 is 0 Å². The predicted octanol–water partition coefficient (Wildman–Crippen LogP) is 3.44. The van der Waals surface area contributed by atoms with Crippen molar-refractivity contribution < 1.29 is 4.52 Å². The van der Waals surface area contributed by atoms with Gasteiger partial charge in [0.15, 0.2) is 5.76 Å². The van der Waals surface area contributed by atoms with Gasteiger partial charge in [0.25, 0.3) is 0 Å². The zero-order valence-electron chi connectivity index (χ0n) is 14.2. The Kier molecular flexibility index (Phi) is 4.78. The molecule has 24 heavy (non-hydrogen) atoms. The van der Waals surface area contributed by atoms with Crippen LogP contribution in [0.3, 0.4) is 0 Å². The summed E-state index contributed by atoms with van der Waals surface area (Å²) >= 11 is 0. The molecule has 4 rings (SSSR count). The molecule has 0 spiro atoms. The summed E-state index contributed by atoms with van der Waals surface area (Å²) in [6, 6.07) is 6.37. The molecule has 0 aromatic carbocycles. The van der Waals surface area contributed by atoms with E-state index in [1.165, 1.54) is 43.5 Å². The second kappa shape index (κ2) is 7.34. The molecule has 2 fully saturated rings.